The number of hydrogen-bond acceptors (Lipinski definition) is 5. The normalized spacial score (nSPS) is 17.3. The quantitative estimate of drug-likeness (QED) is 0.294. The number of benzene rings is 2. The summed E-state index contributed by atoms with van der Waals surface area (Å²) in [5.41, 5.74) is 7.54. The van der Waals surface area contributed by atoms with Crippen LogP contribution in [-0.2, 0) is 10.0 Å². The van der Waals surface area contributed by atoms with Crippen molar-refractivity contribution in [3.05, 3.63) is 101 Å². The molecule has 0 spiro atoms. The number of rotatable bonds is 7. The van der Waals surface area contributed by atoms with Crippen LogP contribution in [0.1, 0.15) is 40.3 Å². The Labute approximate surface area is 234 Å². The van der Waals surface area contributed by atoms with Gasteiger partial charge in [0.25, 0.3) is 0 Å². The summed E-state index contributed by atoms with van der Waals surface area (Å²) in [7, 11) is -2.03. The van der Waals surface area contributed by atoms with Crippen molar-refractivity contribution in [1.82, 2.24) is 14.9 Å². The fourth-order valence-electron chi connectivity index (χ4n) is 5.46. The van der Waals surface area contributed by atoms with E-state index in [9.17, 15) is 8.42 Å². The number of methoxy groups -OCH3 is 1. The van der Waals surface area contributed by atoms with Crippen LogP contribution in [0.25, 0.3) is 5.69 Å². The van der Waals surface area contributed by atoms with Gasteiger partial charge in [-0.1, -0.05) is 24.3 Å². The molecule has 10 heteroatoms. The Morgan fingerprint density at radius 3 is 2.33 bits per heavy atom. The maximum Gasteiger partial charge on any atom is 0.229 e. The van der Waals surface area contributed by atoms with Crippen LogP contribution >= 0.6 is 12.2 Å². The van der Waals surface area contributed by atoms with Crippen LogP contribution in [0.2, 0.25) is 0 Å². The van der Waals surface area contributed by atoms with E-state index < -0.39 is 10.0 Å². The number of nitrogens with one attached hydrogen (secondary N) is 2. The van der Waals surface area contributed by atoms with Crippen LogP contribution in [-0.4, -0.2) is 36.4 Å². The highest BCUT2D eigenvalue weighted by Gasteiger charge is 2.43. The summed E-state index contributed by atoms with van der Waals surface area (Å²) >= 11 is 5.92. The summed E-state index contributed by atoms with van der Waals surface area (Å²) in [6.45, 7) is 6.39. The minimum Gasteiger partial charge on any atom is -0.495 e. The van der Waals surface area contributed by atoms with E-state index in [1.54, 1.807) is 18.3 Å². The highest BCUT2D eigenvalue weighted by Crippen LogP contribution is 2.46. The van der Waals surface area contributed by atoms with E-state index in [0.29, 0.717) is 16.5 Å². The van der Waals surface area contributed by atoms with Crippen molar-refractivity contribution in [2.24, 2.45) is 0 Å². The lowest BCUT2D eigenvalue weighted by atomic mass is 9.93. The number of aromatic nitrogens is 2. The van der Waals surface area contributed by atoms with Gasteiger partial charge in [-0.15, -0.1) is 0 Å². The monoisotopic (exact) mass is 561 g/mol. The van der Waals surface area contributed by atoms with Gasteiger partial charge in [0.05, 0.1) is 36.8 Å². The molecule has 0 radical (unpaired) electrons. The van der Waals surface area contributed by atoms with E-state index in [2.05, 4.69) is 52.5 Å². The molecule has 202 valence electrons. The minimum absolute atomic E-state index is 0.240. The summed E-state index contributed by atoms with van der Waals surface area (Å²) in [5.74, 6) is 0.415. The SMILES string of the molecule is COc1ccc(N2C(=S)NC(c3ccccn3)C2c2c(C)c(C)n(-c3ccccc3)c2C)cc1NS(C)(=O)=O. The number of thiocarbonyl (C=S) groups is 1. The third-order valence-corrected chi connectivity index (χ3v) is 8.08. The molecule has 3 heterocycles. The molecular formula is C29H31N5O3S2. The molecule has 0 aliphatic carbocycles. The molecule has 2 N–H and O–H groups in total. The Balaban J connectivity index is 1.72. The first-order valence-electron chi connectivity index (χ1n) is 12.5. The van der Waals surface area contributed by atoms with Gasteiger partial charge in [0, 0.05) is 34.5 Å². The van der Waals surface area contributed by atoms with E-state index in [-0.39, 0.29) is 12.1 Å². The molecule has 39 heavy (non-hydrogen) atoms. The lowest BCUT2D eigenvalue weighted by molar-refractivity contribution is 0.417. The predicted octanol–water partition coefficient (Wildman–Crippen LogP) is 5.35. The van der Waals surface area contributed by atoms with Crippen molar-refractivity contribution in [3.8, 4) is 11.4 Å². The molecule has 0 amide bonds. The van der Waals surface area contributed by atoms with E-state index in [1.165, 1.54) is 7.11 Å². The molecular weight excluding hydrogens is 530 g/mol. The van der Waals surface area contributed by atoms with Crippen LogP contribution in [0.4, 0.5) is 11.4 Å². The Morgan fingerprint density at radius 2 is 1.69 bits per heavy atom. The van der Waals surface area contributed by atoms with Crippen molar-refractivity contribution >= 4 is 38.7 Å². The van der Waals surface area contributed by atoms with Gasteiger partial charge in [-0.3, -0.25) is 9.71 Å². The predicted molar refractivity (Wildman–Crippen MR) is 159 cm³/mol. The zero-order valence-electron chi connectivity index (χ0n) is 22.5. The van der Waals surface area contributed by atoms with Crippen molar-refractivity contribution < 1.29 is 13.2 Å². The van der Waals surface area contributed by atoms with Crippen LogP contribution in [0.5, 0.6) is 5.75 Å². The standard InChI is InChI=1S/C29H31N5O3S2/c1-18-19(2)33(21-11-7-6-8-12-21)20(3)26(18)28-27(23-13-9-10-16-30-23)31-29(38)34(28)22-14-15-25(37-4)24(17-22)32-39(5,35)36/h6-17,27-28,32H,1-5H3,(H,31,38). The van der Waals surface area contributed by atoms with Crippen molar-refractivity contribution in [2.75, 3.05) is 23.0 Å². The molecule has 5 rings (SSSR count). The minimum atomic E-state index is -3.54. The molecule has 2 aromatic heterocycles. The fourth-order valence-corrected chi connectivity index (χ4v) is 6.36. The highest BCUT2D eigenvalue weighted by atomic mass is 32.2. The molecule has 1 fully saturated rings. The third-order valence-electron chi connectivity index (χ3n) is 7.17. The number of anilines is 2. The van der Waals surface area contributed by atoms with Crippen molar-refractivity contribution in [2.45, 2.75) is 32.9 Å². The maximum atomic E-state index is 12.1. The van der Waals surface area contributed by atoms with Gasteiger partial charge >= 0.3 is 0 Å². The van der Waals surface area contributed by atoms with Crippen molar-refractivity contribution in [1.29, 1.82) is 0 Å². The number of pyridine rings is 1. The molecule has 8 nitrogen and oxygen atoms in total. The van der Waals surface area contributed by atoms with Gasteiger partial charge in [0.2, 0.25) is 10.0 Å². The van der Waals surface area contributed by atoms with Crippen LogP contribution < -0.4 is 19.7 Å². The summed E-state index contributed by atoms with van der Waals surface area (Å²) in [4.78, 5) is 6.72. The highest BCUT2D eigenvalue weighted by molar-refractivity contribution is 7.92. The summed E-state index contributed by atoms with van der Waals surface area (Å²) in [6, 6.07) is 21.0. The molecule has 2 aromatic carbocycles. The Kier molecular flexibility index (Phi) is 7.09. The van der Waals surface area contributed by atoms with E-state index in [4.69, 9.17) is 17.0 Å². The second kappa shape index (κ2) is 10.3. The van der Waals surface area contributed by atoms with E-state index >= 15 is 0 Å². The van der Waals surface area contributed by atoms with Gasteiger partial charge < -0.3 is 19.5 Å². The molecule has 0 bridgehead atoms. The first-order chi connectivity index (χ1) is 18.6. The van der Waals surface area contributed by atoms with Gasteiger partial charge in [0.15, 0.2) is 5.11 Å². The number of nitrogens with zero attached hydrogens (tertiary/aromatic N) is 3. The average molecular weight is 562 g/mol. The molecule has 2 atom stereocenters. The second-order valence-corrected chi connectivity index (χ2v) is 11.8. The molecule has 1 saturated heterocycles. The van der Waals surface area contributed by atoms with Gasteiger partial charge in [-0.2, -0.15) is 0 Å². The Bertz CT molecular complexity index is 1640. The van der Waals surface area contributed by atoms with Gasteiger partial charge in [0.1, 0.15) is 5.75 Å². The molecule has 4 aromatic rings. The third kappa shape index (κ3) is 4.97. The zero-order valence-corrected chi connectivity index (χ0v) is 24.1. The first kappa shape index (κ1) is 26.7. The fraction of sp³-hybridized carbons (Fsp3) is 0.241. The summed E-state index contributed by atoms with van der Waals surface area (Å²) < 4.78 is 34.5. The number of ether oxygens (including phenoxy) is 1. The van der Waals surface area contributed by atoms with Crippen LogP contribution in [0.3, 0.4) is 0 Å². The number of hydrogen-bond donors (Lipinski definition) is 2. The summed E-state index contributed by atoms with van der Waals surface area (Å²) in [6.07, 6.45) is 2.89. The molecule has 0 saturated carbocycles. The van der Waals surface area contributed by atoms with E-state index in [1.807, 2.05) is 47.4 Å². The van der Waals surface area contributed by atoms with Crippen LogP contribution in [0, 0.1) is 20.8 Å². The lowest BCUT2D eigenvalue weighted by Crippen LogP contribution is -2.30. The largest absolute Gasteiger partial charge is 0.495 e. The number of para-hydroxylation sites is 1. The Hall–Kier alpha value is -3.89. The van der Waals surface area contributed by atoms with Gasteiger partial charge in [-0.05, 0) is 81.0 Å². The maximum absolute atomic E-state index is 12.1. The second-order valence-electron chi connectivity index (χ2n) is 9.64. The average Bonchev–Trinajstić information content (AvgIpc) is 3.35. The van der Waals surface area contributed by atoms with Gasteiger partial charge in [-0.25, -0.2) is 8.42 Å². The van der Waals surface area contributed by atoms with Crippen LogP contribution in [0.15, 0.2) is 72.9 Å². The lowest BCUT2D eigenvalue weighted by Gasteiger charge is -2.29. The Morgan fingerprint density at radius 1 is 0.974 bits per heavy atom. The molecule has 1 aliphatic heterocycles. The molecule has 2 unspecified atom stereocenters. The van der Waals surface area contributed by atoms with E-state index in [0.717, 1.165) is 45.8 Å². The topological polar surface area (TPSA) is 88.5 Å². The first-order valence-corrected chi connectivity index (χ1v) is 14.8. The summed E-state index contributed by atoms with van der Waals surface area (Å²) in [5, 5.41) is 4.03. The zero-order chi connectivity index (χ0) is 27.9. The molecule has 1 aliphatic rings. The number of sulfonamides is 1. The smallest absolute Gasteiger partial charge is 0.229 e. The van der Waals surface area contributed by atoms with Crippen molar-refractivity contribution in [3.63, 3.8) is 0 Å².